The lowest BCUT2D eigenvalue weighted by molar-refractivity contribution is -0.150. The molecule has 1 N–H and O–H groups in total. The number of carbonyl (C=O) groups excluding carboxylic acids is 1. The van der Waals surface area contributed by atoms with Crippen molar-refractivity contribution in [3.8, 4) is 0 Å². The number of rotatable bonds is 2. The maximum absolute atomic E-state index is 11.9. The summed E-state index contributed by atoms with van der Waals surface area (Å²) in [5.41, 5.74) is 2.04. The van der Waals surface area contributed by atoms with E-state index in [0.29, 0.717) is 5.69 Å². The number of amides is 1. The Kier molecular flexibility index (Phi) is 3.57. The third-order valence-corrected chi connectivity index (χ3v) is 2.03. The second-order valence-corrected chi connectivity index (χ2v) is 3.66. The number of benzene rings is 1. The summed E-state index contributed by atoms with van der Waals surface area (Å²) in [6.07, 6.45) is -5.93. The molecule has 0 saturated heterocycles. The third kappa shape index (κ3) is 3.92. The van der Waals surface area contributed by atoms with Crippen LogP contribution in [0.4, 0.5) is 18.9 Å². The zero-order chi connectivity index (χ0) is 12.3. The predicted octanol–water partition coefficient (Wildman–Crippen LogP) is 3.19. The quantitative estimate of drug-likeness (QED) is 0.832. The van der Waals surface area contributed by atoms with E-state index in [2.05, 4.69) is 5.32 Å². The van der Waals surface area contributed by atoms with E-state index < -0.39 is 18.5 Å². The van der Waals surface area contributed by atoms with Gasteiger partial charge in [-0.05, 0) is 31.0 Å². The van der Waals surface area contributed by atoms with Gasteiger partial charge in [0.1, 0.15) is 6.42 Å². The van der Waals surface area contributed by atoms with Crippen molar-refractivity contribution in [3.63, 3.8) is 0 Å². The molecular formula is C11H12F3NO. The standard InChI is InChI=1S/C11H12F3NO/c1-7-3-4-8(2)9(5-7)15-10(16)6-11(12,13)14/h3-5H,6H2,1-2H3,(H,15,16). The van der Waals surface area contributed by atoms with Crippen LogP contribution in [-0.2, 0) is 4.79 Å². The number of alkyl halides is 3. The predicted molar refractivity (Wildman–Crippen MR) is 55.2 cm³/mol. The summed E-state index contributed by atoms with van der Waals surface area (Å²) in [5, 5.41) is 2.25. The Balaban J connectivity index is 2.73. The monoisotopic (exact) mass is 231 g/mol. The first-order valence-electron chi connectivity index (χ1n) is 4.72. The van der Waals surface area contributed by atoms with Crippen molar-refractivity contribution in [2.45, 2.75) is 26.4 Å². The van der Waals surface area contributed by atoms with Gasteiger partial charge in [0.25, 0.3) is 0 Å². The number of aryl methyl sites for hydroxylation is 2. The summed E-state index contributed by atoms with van der Waals surface area (Å²) in [4.78, 5) is 11.1. The molecule has 0 spiro atoms. The fourth-order valence-electron chi connectivity index (χ4n) is 1.25. The van der Waals surface area contributed by atoms with E-state index in [1.807, 2.05) is 6.07 Å². The lowest BCUT2D eigenvalue weighted by Crippen LogP contribution is -2.21. The molecule has 0 bridgehead atoms. The molecule has 0 aliphatic carbocycles. The van der Waals surface area contributed by atoms with E-state index in [1.165, 1.54) is 0 Å². The number of anilines is 1. The van der Waals surface area contributed by atoms with Crippen molar-refractivity contribution in [1.29, 1.82) is 0 Å². The Labute approximate surface area is 91.5 Å². The van der Waals surface area contributed by atoms with Crippen LogP contribution in [0.25, 0.3) is 0 Å². The molecule has 0 aromatic heterocycles. The number of nitrogens with one attached hydrogen (secondary N) is 1. The van der Waals surface area contributed by atoms with E-state index in [-0.39, 0.29) is 0 Å². The molecule has 1 rings (SSSR count). The Bertz CT molecular complexity index is 399. The van der Waals surface area contributed by atoms with Crippen molar-refractivity contribution < 1.29 is 18.0 Å². The highest BCUT2D eigenvalue weighted by Gasteiger charge is 2.31. The Morgan fingerprint density at radius 2 is 1.94 bits per heavy atom. The van der Waals surface area contributed by atoms with E-state index in [4.69, 9.17) is 0 Å². The van der Waals surface area contributed by atoms with Gasteiger partial charge in [-0.1, -0.05) is 12.1 Å². The molecule has 0 heterocycles. The average Bonchev–Trinajstić information content (AvgIpc) is 2.08. The van der Waals surface area contributed by atoms with E-state index in [0.717, 1.165) is 11.1 Å². The molecule has 5 heteroatoms. The molecule has 0 fully saturated rings. The molecule has 0 aliphatic rings. The molecule has 0 aliphatic heterocycles. The molecule has 0 radical (unpaired) electrons. The summed E-state index contributed by atoms with van der Waals surface area (Å²) < 4.78 is 35.8. The van der Waals surface area contributed by atoms with E-state index in [1.54, 1.807) is 26.0 Å². The van der Waals surface area contributed by atoms with Crippen molar-refractivity contribution >= 4 is 11.6 Å². The van der Waals surface area contributed by atoms with E-state index in [9.17, 15) is 18.0 Å². The minimum atomic E-state index is -4.47. The molecule has 88 valence electrons. The summed E-state index contributed by atoms with van der Waals surface area (Å²) >= 11 is 0. The molecule has 0 unspecified atom stereocenters. The van der Waals surface area contributed by atoms with Crippen molar-refractivity contribution in [3.05, 3.63) is 29.3 Å². The smallest absolute Gasteiger partial charge is 0.326 e. The molecule has 16 heavy (non-hydrogen) atoms. The van der Waals surface area contributed by atoms with Crippen molar-refractivity contribution in [1.82, 2.24) is 0 Å². The van der Waals surface area contributed by atoms with Gasteiger partial charge in [-0.2, -0.15) is 13.2 Å². The molecule has 1 amide bonds. The number of hydrogen-bond acceptors (Lipinski definition) is 1. The third-order valence-electron chi connectivity index (χ3n) is 2.03. The van der Waals surface area contributed by atoms with Gasteiger partial charge in [0.2, 0.25) is 5.91 Å². The van der Waals surface area contributed by atoms with Crippen LogP contribution in [-0.4, -0.2) is 12.1 Å². The SMILES string of the molecule is Cc1ccc(C)c(NC(=O)CC(F)(F)F)c1. The van der Waals surface area contributed by atoms with Gasteiger partial charge in [0.05, 0.1) is 0 Å². The molecule has 1 aromatic rings. The summed E-state index contributed by atoms with van der Waals surface area (Å²) in [6.45, 7) is 3.53. The van der Waals surface area contributed by atoms with Crippen LogP contribution in [0.15, 0.2) is 18.2 Å². The van der Waals surface area contributed by atoms with Crippen LogP contribution in [0.5, 0.6) is 0 Å². The summed E-state index contributed by atoms with van der Waals surface area (Å²) in [5.74, 6) is -1.04. The highest BCUT2D eigenvalue weighted by atomic mass is 19.4. The van der Waals surface area contributed by atoms with E-state index >= 15 is 0 Å². The maximum Gasteiger partial charge on any atom is 0.397 e. The lowest BCUT2D eigenvalue weighted by atomic mass is 10.1. The van der Waals surface area contributed by atoms with Gasteiger partial charge in [-0.15, -0.1) is 0 Å². The normalized spacial score (nSPS) is 11.3. The second kappa shape index (κ2) is 4.55. The van der Waals surface area contributed by atoms with Crippen LogP contribution in [0, 0.1) is 13.8 Å². The average molecular weight is 231 g/mol. The molecule has 0 saturated carbocycles. The van der Waals surface area contributed by atoms with Gasteiger partial charge < -0.3 is 5.32 Å². The Morgan fingerprint density at radius 3 is 2.50 bits per heavy atom. The topological polar surface area (TPSA) is 29.1 Å². The zero-order valence-corrected chi connectivity index (χ0v) is 8.98. The first-order valence-corrected chi connectivity index (χ1v) is 4.72. The van der Waals surface area contributed by atoms with Gasteiger partial charge in [-0.25, -0.2) is 0 Å². The molecular weight excluding hydrogens is 219 g/mol. The molecule has 0 atom stereocenters. The van der Waals surface area contributed by atoms with Gasteiger partial charge in [0.15, 0.2) is 0 Å². The molecule has 2 nitrogen and oxygen atoms in total. The number of carbonyl (C=O) groups is 1. The second-order valence-electron chi connectivity index (χ2n) is 3.66. The van der Waals surface area contributed by atoms with Crippen LogP contribution in [0.1, 0.15) is 17.5 Å². The maximum atomic E-state index is 11.9. The van der Waals surface area contributed by atoms with Gasteiger partial charge >= 0.3 is 6.18 Å². The summed E-state index contributed by atoms with van der Waals surface area (Å²) in [6, 6.07) is 5.22. The molecule has 1 aromatic carbocycles. The van der Waals surface area contributed by atoms with Crippen LogP contribution < -0.4 is 5.32 Å². The number of hydrogen-bond donors (Lipinski definition) is 1. The first kappa shape index (κ1) is 12.5. The lowest BCUT2D eigenvalue weighted by Gasteiger charge is -2.10. The minimum absolute atomic E-state index is 0.425. The highest BCUT2D eigenvalue weighted by molar-refractivity contribution is 5.91. The van der Waals surface area contributed by atoms with Crippen LogP contribution >= 0.6 is 0 Å². The first-order chi connectivity index (χ1) is 7.28. The number of halogens is 3. The Morgan fingerprint density at radius 1 is 1.31 bits per heavy atom. The van der Waals surface area contributed by atoms with Crippen molar-refractivity contribution in [2.24, 2.45) is 0 Å². The fourth-order valence-corrected chi connectivity index (χ4v) is 1.25. The largest absolute Gasteiger partial charge is 0.397 e. The van der Waals surface area contributed by atoms with Crippen LogP contribution in [0.2, 0.25) is 0 Å². The van der Waals surface area contributed by atoms with Gasteiger partial charge in [-0.3, -0.25) is 4.79 Å². The Hall–Kier alpha value is -1.52. The highest BCUT2D eigenvalue weighted by Crippen LogP contribution is 2.22. The summed E-state index contributed by atoms with van der Waals surface area (Å²) in [7, 11) is 0. The fraction of sp³-hybridized carbons (Fsp3) is 0.364. The van der Waals surface area contributed by atoms with Crippen molar-refractivity contribution in [2.75, 3.05) is 5.32 Å². The zero-order valence-electron chi connectivity index (χ0n) is 8.98. The van der Waals surface area contributed by atoms with Crippen LogP contribution in [0.3, 0.4) is 0 Å². The van der Waals surface area contributed by atoms with Gasteiger partial charge in [0, 0.05) is 5.69 Å². The minimum Gasteiger partial charge on any atom is -0.326 e.